The monoisotopic (exact) mass is 414 g/mol. The van der Waals surface area contributed by atoms with Gasteiger partial charge in [-0.1, -0.05) is 41.9 Å². The van der Waals surface area contributed by atoms with Gasteiger partial charge in [0.15, 0.2) is 6.29 Å². The van der Waals surface area contributed by atoms with E-state index >= 15 is 0 Å². The molecule has 0 N–H and O–H groups in total. The van der Waals surface area contributed by atoms with Crippen molar-refractivity contribution in [2.24, 2.45) is 11.3 Å². The summed E-state index contributed by atoms with van der Waals surface area (Å²) in [7, 11) is 4.73. The summed E-state index contributed by atoms with van der Waals surface area (Å²) in [4.78, 5) is 12.6. The molecule has 1 aromatic rings. The minimum atomic E-state index is -0.600. The van der Waals surface area contributed by atoms with Crippen LogP contribution in [0.25, 0.3) is 0 Å². The average Bonchev–Trinajstić information content (AvgIpc) is 2.61. The van der Waals surface area contributed by atoms with Gasteiger partial charge < -0.3 is 14.2 Å². The number of hydrogen-bond donors (Lipinski definition) is 0. The summed E-state index contributed by atoms with van der Waals surface area (Å²) >= 11 is 3.46. The second-order valence-electron chi connectivity index (χ2n) is 6.92. The molecule has 1 rings (SSSR count). The second kappa shape index (κ2) is 10.3. The van der Waals surface area contributed by atoms with Crippen LogP contribution in [0.1, 0.15) is 51.5 Å². The van der Waals surface area contributed by atoms with Crippen molar-refractivity contribution < 1.29 is 19.0 Å². The van der Waals surface area contributed by atoms with Gasteiger partial charge in [-0.15, -0.1) is 0 Å². The molecule has 0 aliphatic rings. The summed E-state index contributed by atoms with van der Waals surface area (Å²) in [5.41, 5.74) is 0.610. The number of ether oxygens (including phenoxy) is 3. The van der Waals surface area contributed by atoms with Gasteiger partial charge in [0.25, 0.3) is 0 Å². The van der Waals surface area contributed by atoms with Gasteiger partial charge in [-0.3, -0.25) is 4.79 Å². The van der Waals surface area contributed by atoms with Crippen molar-refractivity contribution in [1.82, 2.24) is 0 Å². The number of esters is 1. The first-order valence-electron chi connectivity index (χ1n) is 8.70. The molecule has 3 unspecified atom stereocenters. The number of halogens is 1. The zero-order valence-electron chi connectivity index (χ0n) is 16.2. The first-order valence-corrected chi connectivity index (χ1v) is 9.50. The average molecular weight is 415 g/mol. The molecule has 0 saturated heterocycles. The molecule has 0 heterocycles. The van der Waals surface area contributed by atoms with Crippen molar-refractivity contribution >= 4 is 21.9 Å². The van der Waals surface area contributed by atoms with Crippen LogP contribution in [0.5, 0.6) is 0 Å². The van der Waals surface area contributed by atoms with Crippen LogP contribution >= 0.6 is 15.9 Å². The molecule has 0 spiro atoms. The first-order chi connectivity index (χ1) is 11.8. The summed E-state index contributed by atoms with van der Waals surface area (Å²) < 4.78 is 17.1. The van der Waals surface area contributed by atoms with Gasteiger partial charge in [-0.05, 0) is 49.8 Å². The third-order valence-electron chi connectivity index (χ3n) is 4.96. The van der Waals surface area contributed by atoms with E-state index in [2.05, 4.69) is 41.9 Å². The lowest BCUT2D eigenvalue weighted by Gasteiger charge is -2.35. The molecule has 3 atom stereocenters. The number of hydrogen-bond acceptors (Lipinski definition) is 4. The Kier molecular flexibility index (Phi) is 9.11. The molecule has 5 heteroatoms. The third kappa shape index (κ3) is 6.08. The van der Waals surface area contributed by atoms with E-state index < -0.39 is 5.41 Å². The van der Waals surface area contributed by atoms with Crippen molar-refractivity contribution in [3.8, 4) is 0 Å². The summed E-state index contributed by atoms with van der Waals surface area (Å²) in [6, 6.07) is 8.25. The molecule has 0 saturated carbocycles. The Bertz CT molecular complexity index is 527. The Morgan fingerprint density at radius 3 is 2.12 bits per heavy atom. The van der Waals surface area contributed by atoms with Crippen molar-refractivity contribution in [3.05, 3.63) is 34.3 Å². The van der Waals surface area contributed by atoms with E-state index in [1.54, 1.807) is 14.2 Å². The van der Waals surface area contributed by atoms with E-state index in [9.17, 15) is 4.79 Å². The van der Waals surface area contributed by atoms with E-state index in [-0.39, 0.29) is 24.1 Å². The van der Waals surface area contributed by atoms with E-state index in [1.165, 1.54) is 12.7 Å². The van der Waals surface area contributed by atoms with Crippen LogP contribution in [-0.2, 0) is 19.0 Å². The number of benzene rings is 1. The molecule has 0 fully saturated rings. The van der Waals surface area contributed by atoms with Crippen molar-refractivity contribution in [3.63, 3.8) is 0 Å². The van der Waals surface area contributed by atoms with Crippen molar-refractivity contribution in [2.75, 3.05) is 21.3 Å². The fourth-order valence-electron chi connectivity index (χ4n) is 3.57. The minimum absolute atomic E-state index is 0.121. The topological polar surface area (TPSA) is 44.8 Å². The molecule has 0 bridgehead atoms. The van der Waals surface area contributed by atoms with Crippen LogP contribution in [0, 0.1) is 11.3 Å². The fourth-order valence-corrected chi connectivity index (χ4v) is 3.84. The zero-order chi connectivity index (χ0) is 19.0. The van der Waals surface area contributed by atoms with Gasteiger partial charge in [0.2, 0.25) is 0 Å². The van der Waals surface area contributed by atoms with Crippen molar-refractivity contribution in [2.45, 2.75) is 52.2 Å². The fraction of sp³-hybridized carbons (Fsp3) is 0.650. The van der Waals surface area contributed by atoms with Crippen LogP contribution in [0.4, 0.5) is 0 Å². The normalized spacial score (nSPS) is 16.3. The Hall–Kier alpha value is -0.910. The highest BCUT2D eigenvalue weighted by Gasteiger charge is 2.40. The Balaban J connectivity index is 3.01. The maximum atomic E-state index is 12.6. The number of methoxy groups -OCH3 is 3. The Morgan fingerprint density at radius 2 is 1.68 bits per heavy atom. The smallest absolute Gasteiger partial charge is 0.311 e. The highest BCUT2D eigenvalue weighted by atomic mass is 79.9. The summed E-state index contributed by atoms with van der Waals surface area (Å²) in [6.07, 6.45) is 1.91. The van der Waals surface area contributed by atoms with E-state index in [1.807, 2.05) is 19.1 Å². The largest absolute Gasteiger partial charge is 0.469 e. The molecule has 142 valence electrons. The second-order valence-corrected chi connectivity index (χ2v) is 7.84. The predicted molar refractivity (Wildman–Crippen MR) is 104 cm³/mol. The summed E-state index contributed by atoms with van der Waals surface area (Å²) in [6.45, 7) is 6.22. The predicted octanol–water partition coefficient (Wildman–Crippen LogP) is 5.16. The zero-order valence-corrected chi connectivity index (χ0v) is 17.8. The quantitative estimate of drug-likeness (QED) is 0.391. The number of carbonyl (C=O) groups excluding carboxylic acids is 1. The van der Waals surface area contributed by atoms with Gasteiger partial charge in [0, 0.05) is 24.6 Å². The van der Waals surface area contributed by atoms with Gasteiger partial charge in [-0.25, -0.2) is 0 Å². The minimum Gasteiger partial charge on any atom is -0.469 e. The maximum absolute atomic E-state index is 12.6. The Labute approximate surface area is 160 Å². The SMILES string of the molecule is CCC(CC(C)(CC(C)c1ccc(Br)cc1)C(=O)OC)C(OC)OC. The number of rotatable bonds is 10. The van der Waals surface area contributed by atoms with E-state index in [0.717, 1.165) is 10.9 Å². The lowest BCUT2D eigenvalue weighted by molar-refractivity contribution is -0.164. The van der Waals surface area contributed by atoms with Crippen LogP contribution in [-0.4, -0.2) is 33.6 Å². The molecule has 25 heavy (non-hydrogen) atoms. The molecular formula is C20H31BrO4. The first kappa shape index (κ1) is 22.1. The molecule has 0 aliphatic carbocycles. The molecular weight excluding hydrogens is 384 g/mol. The maximum Gasteiger partial charge on any atom is 0.311 e. The van der Waals surface area contributed by atoms with Crippen LogP contribution in [0.15, 0.2) is 28.7 Å². The summed E-state index contributed by atoms with van der Waals surface area (Å²) in [5, 5.41) is 0. The van der Waals surface area contributed by atoms with Gasteiger partial charge in [-0.2, -0.15) is 0 Å². The van der Waals surface area contributed by atoms with Crippen LogP contribution in [0.3, 0.4) is 0 Å². The van der Waals surface area contributed by atoms with Gasteiger partial charge >= 0.3 is 5.97 Å². The van der Waals surface area contributed by atoms with Crippen LogP contribution in [0.2, 0.25) is 0 Å². The highest BCUT2D eigenvalue weighted by molar-refractivity contribution is 9.10. The third-order valence-corrected chi connectivity index (χ3v) is 5.49. The standard InChI is InChI=1S/C20H31BrO4/c1-7-15(18(23-4)24-5)13-20(3,19(22)25-6)12-14(2)16-8-10-17(21)11-9-16/h8-11,14-15,18H,7,12-13H2,1-6H3. The van der Waals surface area contributed by atoms with Gasteiger partial charge in [0.05, 0.1) is 12.5 Å². The molecule has 0 radical (unpaired) electrons. The lowest BCUT2D eigenvalue weighted by atomic mass is 9.73. The van der Waals surface area contributed by atoms with Crippen LogP contribution < -0.4 is 0 Å². The highest BCUT2D eigenvalue weighted by Crippen LogP contribution is 2.40. The number of carbonyl (C=O) groups is 1. The van der Waals surface area contributed by atoms with Gasteiger partial charge in [0.1, 0.15) is 0 Å². The van der Waals surface area contributed by atoms with E-state index in [4.69, 9.17) is 14.2 Å². The summed E-state index contributed by atoms with van der Waals surface area (Å²) in [5.74, 6) is 0.176. The Morgan fingerprint density at radius 1 is 1.12 bits per heavy atom. The molecule has 4 nitrogen and oxygen atoms in total. The van der Waals surface area contributed by atoms with E-state index in [0.29, 0.717) is 12.8 Å². The van der Waals surface area contributed by atoms with Crippen molar-refractivity contribution in [1.29, 1.82) is 0 Å². The molecule has 0 aliphatic heterocycles. The molecule has 1 aromatic carbocycles. The molecule has 0 aromatic heterocycles. The lowest BCUT2D eigenvalue weighted by Crippen LogP contribution is -2.37. The molecule has 0 amide bonds.